The van der Waals surface area contributed by atoms with Gasteiger partial charge in [-0.1, -0.05) is 12.1 Å². The first-order chi connectivity index (χ1) is 11.6. The Morgan fingerprint density at radius 1 is 1.20 bits per heavy atom. The first kappa shape index (κ1) is 17.4. The molecule has 2 atom stereocenters. The number of nitrogens with one attached hydrogen (secondary N) is 3. The summed E-state index contributed by atoms with van der Waals surface area (Å²) in [7, 11) is 0. The van der Waals surface area contributed by atoms with Gasteiger partial charge in [0.1, 0.15) is 0 Å². The van der Waals surface area contributed by atoms with Gasteiger partial charge in [-0.15, -0.1) is 12.4 Å². The SMILES string of the molecule is Cl.O=C(c1cccc(-c2c[nH]c(=O)[nH]c2=O)c1)N1CC[C@H]2CNC[C@H]21. The lowest BCUT2D eigenvalue weighted by molar-refractivity contribution is 0.0737. The molecule has 2 saturated heterocycles. The molecule has 2 aliphatic heterocycles. The van der Waals surface area contributed by atoms with Crippen LogP contribution in [-0.2, 0) is 0 Å². The lowest BCUT2D eigenvalue weighted by Crippen LogP contribution is -2.39. The number of hydrogen-bond acceptors (Lipinski definition) is 4. The van der Waals surface area contributed by atoms with Crippen LogP contribution in [-0.4, -0.2) is 46.5 Å². The number of aromatic amines is 2. The van der Waals surface area contributed by atoms with Crippen molar-refractivity contribution in [3.63, 3.8) is 0 Å². The molecule has 1 amide bonds. The van der Waals surface area contributed by atoms with Crippen molar-refractivity contribution in [3.05, 3.63) is 56.9 Å². The fourth-order valence-corrected chi connectivity index (χ4v) is 3.71. The predicted molar refractivity (Wildman–Crippen MR) is 96.2 cm³/mol. The van der Waals surface area contributed by atoms with Crippen LogP contribution >= 0.6 is 12.4 Å². The molecule has 0 radical (unpaired) electrons. The molecular weight excluding hydrogens is 344 g/mol. The van der Waals surface area contributed by atoms with Gasteiger partial charge < -0.3 is 15.2 Å². The Morgan fingerprint density at radius 2 is 2.04 bits per heavy atom. The van der Waals surface area contributed by atoms with Crippen LogP contribution < -0.4 is 16.6 Å². The zero-order chi connectivity index (χ0) is 16.7. The molecule has 1 aromatic heterocycles. The maximum Gasteiger partial charge on any atom is 0.325 e. The minimum atomic E-state index is -0.548. The quantitative estimate of drug-likeness (QED) is 0.728. The topological polar surface area (TPSA) is 98.1 Å². The summed E-state index contributed by atoms with van der Waals surface area (Å²) >= 11 is 0. The Labute approximate surface area is 149 Å². The lowest BCUT2D eigenvalue weighted by Gasteiger charge is -2.23. The first-order valence-electron chi connectivity index (χ1n) is 8.07. The van der Waals surface area contributed by atoms with Crippen LogP contribution in [0, 0.1) is 5.92 Å². The molecule has 3 N–H and O–H groups in total. The normalized spacial score (nSPS) is 21.7. The molecule has 132 valence electrons. The number of H-pyrrole nitrogens is 2. The van der Waals surface area contributed by atoms with E-state index < -0.39 is 11.2 Å². The van der Waals surface area contributed by atoms with Crippen molar-refractivity contribution >= 4 is 18.3 Å². The number of benzene rings is 1. The van der Waals surface area contributed by atoms with Gasteiger partial charge in [-0.25, -0.2) is 4.79 Å². The molecule has 1 aromatic carbocycles. The number of amides is 1. The van der Waals surface area contributed by atoms with Gasteiger partial charge in [0.25, 0.3) is 11.5 Å². The Kier molecular flexibility index (Phi) is 4.78. The van der Waals surface area contributed by atoms with Gasteiger partial charge in [0.2, 0.25) is 0 Å². The second-order valence-electron chi connectivity index (χ2n) is 6.34. The van der Waals surface area contributed by atoms with E-state index in [1.807, 2.05) is 4.90 Å². The van der Waals surface area contributed by atoms with Gasteiger partial charge in [0, 0.05) is 37.4 Å². The summed E-state index contributed by atoms with van der Waals surface area (Å²) in [5, 5.41) is 3.34. The maximum atomic E-state index is 12.9. The van der Waals surface area contributed by atoms with Gasteiger partial charge in [0.05, 0.1) is 5.56 Å². The third kappa shape index (κ3) is 3.12. The Balaban J connectivity index is 0.00000182. The van der Waals surface area contributed by atoms with Gasteiger partial charge in [-0.3, -0.25) is 14.6 Å². The maximum absolute atomic E-state index is 12.9. The van der Waals surface area contributed by atoms with E-state index in [0.29, 0.717) is 22.6 Å². The average Bonchev–Trinajstić information content (AvgIpc) is 3.17. The average molecular weight is 363 g/mol. The summed E-state index contributed by atoms with van der Waals surface area (Å²) in [6.07, 6.45) is 2.40. The third-order valence-electron chi connectivity index (χ3n) is 4.95. The van der Waals surface area contributed by atoms with E-state index in [2.05, 4.69) is 15.3 Å². The number of nitrogens with zero attached hydrogens (tertiary/aromatic N) is 1. The van der Waals surface area contributed by atoms with Crippen molar-refractivity contribution in [2.45, 2.75) is 12.5 Å². The molecule has 7 nitrogen and oxygen atoms in total. The van der Waals surface area contributed by atoms with Crippen molar-refractivity contribution in [2.24, 2.45) is 5.92 Å². The van der Waals surface area contributed by atoms with Gasteiger partial charge in [-0.2, -0.15) is 0 Å². The summed E-state index contributed by atoms with van der Waals surface area (Å²) in [6.45, 7) is 2.59. The lowest BCUT2D eigenvalue weighted by atomic mass is 10.0. The number of halogens is 1. The standard InChI is InChI=1S/C17H18N4O3.ClH/c22-15-13(8-19-17(24)20-15)10-2-1-3-11(6-10)16(23)21-5-4-12-7-18-9-14(12)21;/h1-3,6,8,12,14,18H,4-5,7,9H2,(H2,19,20,22,24);1H/t12-,14+;/m0./s1. The highest BCUT2D eigenvalue weighted by atomic mass is 35.5. The van der Waals surface area contributed by atoms with Crippen LogP contribution in [0.4, 0.5) is 0 Å². The monoisotopic (exact) mass is 362 g/mol. The van der Waals surface area contributed by atoms with Crippen LogP contribution in [0.5, 0.6) is 0 Å². The molecule has 4 rings (SSSR count). The Morgan fingerprint density at radius 3 is 2.84 bits per heavy atom. The van der Waals surface area contributed by atoms with E-state index >= 15 is 0 Å². The number of rotatable bonds is 2. The third-order valence-corrected chi connectivity index (χ3v) is 4.95. The predicted octanol–water partition coefficient (Wildman–Crippen LogP) is 0.586. The second-order valence-corrected chi connectivity index (χ2v) is 6.34. The van der Waals surface area contributed by atoms with Gasteiger partial charge in [-0.05, 0) is 30.0 Å². The van der Waals surface area contributed by atoms with Crippen molar-refractivity contribution in [1.29, 1.82) is 0 Å². The smallest absolute Gasteiger partial charge is 0.325 e. The van der Waals surface area contributed by atoms with Crippen molar-refractivity contribution in [1.82, 2.24) is 20.2 Å². The number of carbonyl (C=O) groups is 1. The van der Waals surface area contributed by atoms with Crippen LogP contribution in [0.3, 0.4) is 0 Å². The highest BCUT2D eigenvalue weighted by molar-refractivity contribution is 5.96. The van der Waals surface area contributed by atoms with E-state index in [4.69, 9.17) is 0 Å². The highest BCUT2D eigenvalue weighted by Crippen LogP contribution is 2.29. The molecule has 0 saturated carbocycles. The summed E-state index contributed by atoms with van der Waals surface area (Å²) in [5.74, 6) is 0.535. The van der Waals surface area contributed by atoms with Crippen molar-refractivity contribution in [3.8, 4) is 11.1 Å². The minimum absolute atomic E-state index is 0. The molecule has 2 fully saturated rings. The van der Waals surface area contributed by atoms with Crippen LogP contribution in [0.2, 0.25) is 0 Å². The van der Waals surface area contributed by atoms with E-state index in [9.17, 15) is 14.4 Å². The molecule has 0 unspecified atom stereocenters. The Bertz CT molecular complexity index is 907. The molecule has 0 aliphatic carbocycles. The number of likely N-dealkylation sites (tertiary alicyclic amines) is 1. The number of hydrogen-bond donors (Lipinski definition) is 3. The minimum Gasteiger partial charge on any atom is -0.334 e. The molecule has 2 aliphatic rings. The van der Waals surface area contributed by atoms with Crippen LogP contribution in [0.1, 0.15) is 16.8 Å². The highest BCUT2D eigenvalue weighted by Gasteiger charge is 2.40. The van der Waals surface area contributed by atoms with E-state index in [1.165, 1.54) is 6.20 Å². The largest absolute Gasteiger partial charge is 0.334 e. The summed E-state index contributed by atoms with van der Waals surface area (Å²) in [6, 6.07) is 7.25. The zero-order valence-electron chi connectivity index (χ0n) is 13.5. The van der Waals surface area contributed by atoms with E-state index in [0.717, 1.165) is 26.1 Å². The fraction of sp³-hybridized carbons (Fsp3) is 0.353. The van der Waals surface area contributed by atoms with Crippen LogP contribution in [0.25, 0.3) is 11.1 Å². The Hall–Kier alpha value is -2.38. The van der Waals surface area contributed by atoms with Gasteiger partial charge >= 0.3 is 5.69 Å². The van der Waals surface area contributed by atoms with E-state index in [1.54, 1.807) is 24.3 Å². The van der Waals surface area contributed by atoms with Crippen molar-refractivity contribution in [2.75, 3.05) is 19.6 Å². The van der Waals surface area contributed by atoms with Crippen LogP contribution in [0.15, 0.2) is 40.1 Å². The molecule has 0 bridgehead atoms. The number of carbonyl (C=O) groups excluding carboxylic acids is 1. The fourth-order valence-electron chi connectivity index (χ4n) is 3.71. The molecule has 8 heteroatoms. The molecule has 2 aromatic rings. The zero-order valence-corrected chi connectivity index (χ0v) is 14.3. The first-order valence-corrected chi connectivity index (χ1v) is 8.07. The summed E-state index contributed by atoms with van der Waals surface area (Å²) in [4.78, 5) is 42.6. The van der Waals surface area contributed by atoms with Gasteiger partial charge in [0.15, 0.2) is 0 Å². The molecule has 0 spiro atoms. The number of fused-ring (bicyclic) bond motifs is 1. The summed E-state index contributed by atoms with van der Waals surface area (Å²) in [5.41, 5.74) is 0.493. The number of aromatic nitrogens is 2. The molecular formula is C17H19ClN4O3. The summed E-state index contributed by atoms with van der Waals surface area (Å²) < 4.78 is 0. The molecule has 25 heavy (non-hydrogen) atoms. The second kappa shape index (κ2) is 6.85. The van der Waals surface area contributed by atoms with Crippen molar-refractivity contribution < 1.29 is 4.79 Å². The molecule has 3 heterocycles. The van der Waals surface area contributed by atoms with E-state index in [-0.39, 0.29) is 24.4 Å².